The molecule has 128 valence electrons. The molecule has 0 unspecified atom stereocenters. The van der Waals surface area contributed by atoms with Gasteiger partial charge in [0.25, 0.3) is 0 Å². The number of halogens is 1. The second-order valence-electron chi connectivity index (χ2n) is 5.92. The van der Waals surface area contributed by atoms with E-state index < -0.39 is 0 Å². The lowest BCUT2D eigenvalue weighted by Crippen LogP contribution is -2.40. The van der Waals surface area contributed by atoms with Gasteiger partial charge in [0.15, 0.2) is 0 Å². The molecule has 2 aromatic carbocycles. The van der Waals surface area contributed by atoms with Gasteiger partial charge in [-0.1, -0.05) is 30.7 Å². The van der Waals surface area contributed by atoms with Crippen molar-refractivity contribution in [2.45, 2.75) is 26.3 Å². The normalized spacial score (nSPS) is 16.9. The first-order valence-electron chi connectivity index (χ1n) is 8.03. The molecular formula is C19H19ClN4O. The van der Waals surface area contributed by atoms with E-state index in [0.717, 1.165) is 5.56 Å². The van der Waals surface area contributed by atoms with Gasteiger partial charge >= 0.3 is 0 Å². The first-order chi connectivity index (χ1) is 11.9. The van der Waals surface area contributed by atoms with Gasteiger partial charge in [-0.25, -0.2) is 0 Å². The molecule has 2 aromatic rings. The second-order valence-corrected chi connectivity index (χ2v) is 6.35. The molecule has 5 nitrogen and oxygen atoms in total. The number of aromatic hydroxyl groups is 1. The molecule has 1 aliphatic rings. The van der Waals surface area contributed by atoms with Crippen molar-refractivity contribution in [1.82, 2.24) is 0 Å². The Kier molecular flexibility index (Phi) is 4.59. The van der Waals surface area contributed by atoms with Crippen LogP contribution in [0, 0.1) is 10.8 Å². The molecule has 1 aliphatic heterocycles. The fraction of sp³-hybridized carbons (Fsp3) is 0.211. The molecule has 0 amide bonds. The minimum atomic E-state index is -0.375. The second kappa shape index (κ2) is 6.69. The summed E-state index contributed by atoms with van der Waals surface area (Å²) in [5.41, 5.74) is 2.89. The lowest BCUT2D eigenvalue weighted by atomic mass is 9.99. The lowest BCUT2D eigenvalue weighted by molar-refractivity contribution is 0.475. The largest absolute Gasteiger partial charge is 0.508 e. The maximum atomic E-state index is 10.0. The van der Waals surface area contributed by atoms with Crippen molar-refractivity contribution < 1.29 is 5.11 Å². The summed E-state index contributed by atoms with van der Waals surface area (Å²) in [4.78, 5) is 6.37. The van der Waals surface area contributed by atoms with Gasteiger partial charge in [0.2, 0.25) is 0 Å². The predicted molar refractivity (Wildman–Crippen MR) is 103 cm³/mol. The number of nitrogens with zero attached hydrogens (tertiary/aromatic N) is 2. The highest BCUT2D eigenvalue weighted by Gasteiger charge is 2.29. The Morgan fingerprint density at radius 3 is 2.52 bits per heavy atom. The van der Waals surface area contributed by atoms with E-state index in [0.29, 0.717) is 28.4 Å². The third-order valence-corrected chi connectivity index (χ3v) is 4.41. The van der Waals surface area contributed by atoms with Crippen LogP contribution in [0.1, 0.15) is 31.4 Å². The number of fused-ring (bicyclic) bond motifs is 1. The van der Waals surface area contributed by atoms with Crippen LogP contribution in [0.5, 0.6) is 5.75 Å². The maximum absolute atomic E-state index is 10.0. The van der Waals surface area contributed by atoms with Crippen LogP contribution in [0.3, 0.4) is 0 Å². The molecule has 0 spiro atoms. The number of phenolic OH excluding ortho intramolecular Hbond substituents is 1. The van der Waals surface area contributed by atoms with Gasteiger partial charge in [-0.2, -0.15) is 0 Å². The first-order valence-corrected chi connectivity index (χ1v) is 8.41. The molecule has 0 fully saturated rings. The molecule has 6 heteroatoms. The van der Waals surface area contributed by atoms with E-state index in [-0.39, 0.29) is 23.5 Å². The highest BCUT2D eigenvalue weighted by Crippen LogP contribution is 2.32. The standard InChI is InChI=1S/C19H19ClN4O/c1-3-16-19(22)24(11(2)21)17-9-8-14(25)10-15(17)18(23-16)12-4-6-13(20)7-5-12/h4-10,16,21-22,25H,3H2,1-2H3/t16-/m0/s1. The molecule has 3 N–H and O–H groups in total. The topological polar surface area (TPSA) is 83.5 Å². The fourth-order valence-corrected chi connectivity index (χ4v) is 3.08. The van der Waals surface area contributed by atoms with Crippen LogP contribution in [-0.2, 0) is 0 Å². The molecule has 3 rings (SSSR count). The number of anilines is 1. The van der Waals surface area contributed by atoms with Gasteiger partial charge in [-0.3, -0.25) is 20.7 Å². The predicted octanol–water partition coefficient (Wildman–Crippen LogP) is 4.46. The Balaban J connectivity index is 2.29. The number of benzene rings is 2. The van der Waals surface area contributed by atoms with Gasteiger partial charge in [-0.05, 0) is 43.7 Å². The number of aliphatic imine (C=N–C) groups is 1. The van der Waals surface area contributed by atoms with Gasteiger partial charge < -0.3 is 5.11 Å². The van der Waals surface area contributed by atoms with Gasteiger partial charge in [-0.15, -0.1) is 0 Å². The van der Waals surface area contributed by atoms with Gasteiger partial charge in [0.1, 0.15) is 23.5 Å². The highest BCUT2D eigenvalue weighted by atomic mass is 35.5. The number of hydrogen-bond donors (Lipinski definition) is 3. The summed E-state index contributed by atoms with van der Waals surface area (Å²) < 4.78 is 0. The highest BCUT2D eigenvalue weighted by molar-refractivity contribution is 6.31. The third-order valence-electron chi connectivity index (χ3n) is 4.16. The summed E-state index contributed by atoms with van der Waals surface area (Å²) in [6.45, 7) is 3.61. The van der Waals surface area contributed by atoms with Crippen molar-refractivity contribution in [2.75, 3.05) is 4.90 Å². The summed E-state index contributed by atoms with van der Waals surface area (Å²) in [7, 11) is 0. The van der Waals surface area contributed by atoms with Crippen LogP contribution in [0.4, 0.5) is 5.69 Å². The molecule has 0 bridgehead atoms. The van der Waals surface area contributed by atoms with E-state index in [2.05, 4.69) is 0 Å². The number of rotatable bonds is 2. The van der Waals surface area contributed by atoms with E-state index in [9.17, 15) is 5.11 Å². The molecular weight excluding hydrogens is 336 g/mol. The SMILES string of the molecule is CC[C@@H]1N=C(c2ccc(Cl)cc2)c2cc(O)ccc2N(C(C)=N)C1=N. The zero-order valence-corrected chi connectivity index (χ0v) is 14.8. The van der Waals surface area contributed by atoms with E-state index in [1.54, 1.807) is 42.2 Å². The van der Waals surface area contributed by atoms with Crippen LogP contribution in [0.15, 0.2) is 47.5 Å². The Labute approximate surface area is 151 Å². The Morgan fingerprint density at radius 1 is 1.24 bits per heavy atom. The van der Waals surface area contributed by atoms with Crippen molar-refractivity contribution in [2.24, 2.45) is 4.99 Å². The van der Waals surface area contributed by atoms with Crippen LogP contribution in [-0.4, -0.2) is 28.5 Å². The van der Waals surface area contributed by atoms with Crippen LogP contribution in [0.25, 0.3) is 0 Å². The summed E-state index contributed by atoms with van der Waals surface area (Å²) in [5.74, 6) is 0.610. The minimum Gasteiger partial charge on any atom is -0.508 e. The molecule has 1 heterocycles. The monoisotopic (exact) mass is 354 g/mol. The Morgan fingerprint density at radius 2 is 1.92 bits per heavy atom. The fourth-order valence-electron chi connectivity index (χ4n) is 2.96. The maximum Gasteiger partial charge on any atom is 0.131 e. The zero-order valence-electron chi connectivity index (χ0n) is 14.0. The molecule has 1 atom stereocenters. The van der Waals surface area contributed by atoms with Crippen LogP contribution < -0.4 is 4.90 Å². The molecule has 0 aromatic heterocycles. The van der Waals surface area contributed by atoms with Crippen molar-refractivity contribution in [3.63, 3.8) is 0 Å². The van der Waals surface area contributed by atoms with E-state index in [1.165, 1.54) is 0 Å². The minimum absolute atomic E-state index is 0.115. The molecule has 0 saturated heterocycles. The Hall–Kier alpha value is -2.66. The van der Waals surface area contributed by atoms with Crippen LogP contribution in [0.2, 0.25) is 5.02 Å². The number of benzodiazepines with no additional fused rings is 1. The number of nitrogens with one attached hydrogen (secondary N) is 2. The average molecular weight is 355 g/mol. The lowest BCUT2D eigenvalue weighted by Gasteiger charge is -2.26. The zero-order chi connectivity index (χ0) is 18.1. The number of hydrogen-bond acceptors (Lipinski definition) is 4. The third kappa shape index (κ3) is 3.15. The van der Waals surface area contributed by atoms with Crippen molar-refractivity contribution in [3.05, 3.63) is 58.6 Å². The smallest absolute Gasteiger partial charge is 0.131 e. The summed E-state index contributed by atoms with van der Waals surface area (Å²) in [6, 6.07) is 11.9. The summed E-state index contributed by atoms with van der Waals surface area (Å²) in [6.07, 6.45) is 0.639. The van der Waals surface area contributed by atoms with E-state index in [1.807, 2.05) is 19.1 Å². The van der Waals surface area contributed by atoms with Crippen molar-refractivity contribution in [1.29, 1.82) is 10.8 Å². The molecule has 0 radical (unpaired) electrons. The van der Waals surface area contributed by atoms with Gasteiger partial charge in [0, 0.05) is 16.1 Å². The number of phenols is 1. The van der Waals surface area contributed by atoms with Crippen LogP contribution >= 0.6 is 11.6 Å². The Bertz CT molecular complexity index is 873. The molecule has 0 aliphatic carbocycles. The number of amidine groups is 2. The first kappa shape index (κ1) is 17.2. The van der Waals surface area contributed by atoms with Crippen molar-refractivity contribution >= 4 is 34.7 Å². The van der Waals surface area contributed by atoms with E-state index in [4.69, 9.17) is 27.4 Å². The van der Waals surface area contributed by atoms with Gasteiger partial charge in [0.05, 0.1) is 11.4 Å². The summed E-state index contributed by atoms with van der Waals surface area (Å²) in [5, 5.41) is 27.3. The quantitative estimate of drug-likeness (QED) is 0.549. The average Bonchev–Trinajstić information content (AvgIpc) is 2.69. The summed E-state index contributed by atoms with van der Waals surface area (Å²) >= 11 is 6.00. The van der Waals surface area contributed by atoms with Crippen molar-refractivity contribution in [3.8, 4) is 5.75 Å². The molecule has 25 heavy (non-hydrogen) atoms. The van der Waals surface area contributed by atoms with E-state index >= 15 is 0 Å². The molecule has 0 saturated carbocycles.